The number of benzene rings is 1. The fraction of sp³-hybridized carbons (Fsp3) is 0.353. The summed E-state index contributed by atoms with van der Waals surface area (Å²) in [5.74, 6) is -1.56. The number of nitrogens with zero attached hydrogens (tertiary/aromatic N) is 1. The summed E-state index contributed by atoms with van der Waals surface area (Å²) in [6.07, 6.45) is 0.903. The first-order chi connectivity index (χ1) is 11.5. The Morgan fingerprint density at radius 3 is 2.75 bits per heavy atom. The number of amides is 1. The molecule has 126 valence electrons. The summed E-state index contributed by atoms with van der Waals surface area (Å²) in [7, 11) is 0. The number of aryl methyl sites for hydroxylation is 1. The van der Waals surface area contributed by atoms with E-state index in [0.717, 1.165) is 10.6 Å². The van der Waals surface area contributed by atoms with Crippen LogP contribution in [0.15, 0.2) is 29.6 Å². The van der Waals surface area contributed by atoms with Crippen LogP contribution in [0, 0.1) is 6.92 Å². The lowest BCUT2D eigenvalue weighted by Gasteiger charge is -2.22. The van der Waals surface area contributed by atoms with Crippen LogP contribution in [-0.4, -0.2) is 40.7 Å². The fourth-order valence-electron chi connectivity index (χ4n) is 2.54. The SMILES string of the molecule is Cc1ccc(Cc2nc(C(=O)NC3(C(=O)O)CCOC3)cs2)cc1. The molecule has 0 radical (unpaired) electrons. The molecule has 0 spiro atoms. The van der Waals surface area contributed by atoms with E-state index < -0.39 is 17.4 Å². The highest BCUT2D eigenvalue weighted by Crippen LogP contribution is 2.21. The van der Waals surface area contributed by atoms with Gasteiger partial charge in [-0.15, -0.1) is 11.3 Å². The zero-order valence-electron chi connectivity index (χ0n) is 13.2. The van der Waals surface area contributed by atoms with Crippen LogP contribution in [0.3, 0.4) is 0 Å². The number of aliphatic carboxylic acids is 1. The van der Waals surface area contributed by atoms with Gasteiger partial charge in [-0.3, -0.25) is 4.79 Å². The van der Waals surface area contributed by atoms with Crippen molar-refractivity contribution in [1.82, 2.24) is 10.3 Å². The van der Waals surface area contributed by atoms with Crippen LogP contribution in [0.4, 0.5) is 0 Å². The number of thiazole rings is 1. The fourth-order valence-corrected chi connectivity index (χ4v) is 3.35. The minimum absolute atomic E-state index is 0.0194. The molecule has 1 aliphatic rings. The minimum Gasteiger partial charge on any atom is -0.479 e. The number of carbonyl (C=O) groups is 2. The predicted octanol–water partition coefficient (Wildman–Crippen LogP) is 2.02. The molecule has 0 bridgehead atoms. The Hall–Kier alpha value is -2.25. The van der Waals surface area contributed by atoms with Crippen molar-refractivity contribution in [3.05, 3.63) is 51.5 Å². The van der Waals surface area contributed by atoms with Gasteiger partial charge in [0.1, 0.15) is 5.69 Å². The van der Waals surface area contributed by atoms with E-state index >= 15 is 0 Å². The quantitative estimate of drug-likeness (QED) is 0.865. The monoisotopic (exact) mass is 346 g/mol. The molecule has 6 nitrogen and oxygen atoms in total. The predicted molar refractivity (Wildman–Crippen MR) is 89.4 cm³/mol. The Morgan fingerprint density at radius 2 is 2.12 bits per heavy atom. The number of ether oxygens (including phenoxy) is 1. The standard InChI is InChI=1S/C17H18N2O4S/c1-11-2-4-12(5-3-11)8-14-18-13(9-24-14)15(20)19-17(16(21)22)6-7-23-10-17/h2-5,9H,6-8,10H2,1H3,(H,19,20)(H,21,22). The van der Waals surface area contributed by atoms with E-state index in [1.54, 1.807) is 5.38 Å². The average Bonchev–Trinajstić information content (AvgIpc) is 3.20. The van der Waals surface area contributed by atoms with Gasteiger partial charge in [0.15, 0.2) is 5.54 Å². The molecule has 1 unspecified atom stereocenters. The van der Waals surface area contributed by atoms with Crippen molar-refractivity contribution < 1.29 is 19.4 Å². The Labute approximate surface area is 143 Å². The molecule has 2 aromatic rings. The molecule has 7 heteroatoms. The molecule has 2 heterocycles. The highest BCUT2D eigenvalue weighted by Gasteiger charge is 2.44. The topological polar surface area (TPSA) is 88.5 Å². The molecule has 1 fully saturated rings. The van der Waals surface area contributed by atoms with E-state index in [1.807, 2.05) is 31.2 Å². The van der Waals surface area contributed by atoms with Gasteiger partial charge in [0, 0.05) is 24.8 Å². The number of rotatable bonds is 5. The van der Waals surface area contributed by atoms with Gasteiger partial charge >= 0.3 is 5.97 Å². The number of nitrogens with one attached hydrogen (secondary N) is 1. The second-order valence-electron chi connectivity index (χ2n) is 5.93. The lowest BCUT2D eigenvalue weighted by atomic mass is 9.99. The van der Waals surface area contributed by atoms with Crippen molar-refractivity contribution in [2.45, 2.75) is 25.3 Å². The van der Waals surface area contributed by atoms with Crippen molar-refractivity contribution >= 4 is 23.2 Å². The molecule has 1 aromatic carbocycles. The van der Waals surface area contributed by atoms with Gasteiger partial charge in [-0.2, -0.15) is 0 Å². The molecule has 1 amide bonds. The normalized spacial score (nSPS) is 20.0. The molecule has 3 rings (SSSR count). The highest BCUT2D eigenvalue weighted by atomic mass is 32.1. The summed E-state index contributed by atoms with van der Waals surface area (Å²) in [6.45, 7) is 2.33. The van der Waals surface area contributed by atoms with E-state index in [1.165, 1.54) is 16.9 Å². The zero-order chi connectivity index (χ0) is 17.2. The highest BCUT2D eigenvalue weighted by molar-refractivity contribution is 7.09. The summed E-state index contributed by atoms with van der Waals surface area (Å²) in [5.41, 5.74) is 1.20. The van der Waals surface area contributed by atoms with Gasteiger partial charge in [0.05, 0.1) is 11.6 Å². The molecule has 0 aliphatic carbocycles. The third-order valence-corrected chi connectivity index (χ3v) is 4.89. The Morgan fingerprint density at radius 1 is 1.38 bits per heavy atom. The molecule has 1 atom stereocenters. The molecular weight excluding hydrogens is 328 g/mol. The van der Waals surface area contributed by atoms with Crippen LogP contribution >= 0.6 is 11.3 Å². The third-order valence-electron chi connectivity index (χ3n) is 4.04. The Bertz CT molecular complexity index is 748. The van der Waals surface area contributed by atoms with Gasteiger partial charge < -0.3 is 15.2 Å². The number of carboxylic acids is 1. The smallest absolute Gasteiger partial charge is 0.331 e. The van der Waals surface area contributed by atoms with Gasteiger partial charge in [-0.05, 0) is 12.5 Å². The summed E-state index contributed by atoms with van der Waals surface area (Å²) < 4.78 is 5.14. The van der Waals surface area contributed by atoms with E-state index in [4.69, 9.17) is 4.74 Å². The molecule has 1 aliphatic heterocycles. The Kier molecular flexibility index (Phi) is 4.64. The molecular formula is C17H18N2O4S. The first-order valence-electron chi connectivity index (χ1n) is 7.62. The largest absolute Gasteiger partial charge is 0.479 e. The third kappa shape index (κ3) is 3.47. The molecule has 1 saturated heterocycles. The maximum absolute atomic E-state index is 12.3. The van der Waals surface area contributed by atoms with E-state index in [2.05, 4.69) is 10.3 Å². The van der Waals surface area contributed by atoms with Gasteiger partial charge in [-0.25, -0.2) is 9.78 Å². The number of hydrogen-bond donors (Lipinski definition) is 2. The summed E-state index contributed by atoms with van der Waals surface area (Å²) >= 11 is 1.39. The van der Waals surface area contributed by atoms with Crippen LogP contribution in [-0.2, 0) is 16.0 Å². The first kappa shape index (κ1) is 16.6. The van der Waals surface area contributed by atoms with Gasteiger partial charge in [-0.1, -0.05) is 29.8 Å². The average molecular weight is 346 g/mol. The molecule has 24 heavy (non-hydrogen) atoms. The van der Waals surface area contributed by atoms with E-state index in [-0.39, 0.29) is 18.7 Å². The van der Waals surface area contributed by atoms with Crippen LogP contribution in [0.1, 0.15) is 33.0 Å². The van der Waals surface area contributed by atoms with Crippen molar-refractivity contribution in [3.8, 4) is 0 Å². The lowest BCUT2D eigenvalue weighted by molar-refractivity contribution is -0.144. The van der Waals surface area contributed by atoms with E-state index in [0.29, 0.717) is 13.0 Å². The zero-order valence-corrected chi connectivity index (χ0v) is 14.1. The Balaban J connectivity index is 1.69. The van der Waals surface area contributed by atoms with Crippen molar-refractivity contribution in [2.24, 2.45) is 0 Å². The first-order valence-corrected chi connectivity index (χ1v) is 8.50. The number of aromatic nitrogens is 1. The van der Waals surface area contributed by atoms with E-state index in [9.17, 15) is 14.7 Å². The van der Waals surface area contributed by atoms with Gasteiger partial charge in [0.2, 0.25) is 0 Å². The van der Waals surface area contributed by atoms with Crippen LogP contribution < -0.4 is 5.32 Å². The molecule has 0 saturated carbocycles. The second-order valence-corrected chi connectivity index (χ2v) is 6.88. The minimum atomic E-state index is -1.35. The summed E-state index contributed by atoms with van der Waals surface area (Å²) in [4.78, 5) is 28.1. The van der Waals surface area contributed by atoms with Crippen LogP contribution in [0.5, 0.6) is 0 Å². The van der Waals surface area contributed by atoms with Crippen molar-refractivity contribution in [3.63, 3.8) is 0 Å². The van der Waals surface area contributed by atoms with Crippen LogP contribution in [0.2, 0.25) is 0 Å². The number of hydrogen-bond acceptors (Lipinski definition) is 5. The molecule has 1 aromatic heterocycles. The number of carbonyl (C=O) groups excluding carboxylic acids is 1. The van der Waals surface area contributed by atoms with Crippen LogP contribution in [0.25, 0.3) is 0 Å². The number of carboxylic acid groups (broad SMARTS) is 1. The molecule has 2 N–H and O–H groups in total. The van der Waals surface area contributed by atoms with Crippen molar-refractivity contribution in [2.75, 3.05) is 13.2 Å². The van der Waals surface area contributed by atoms with Gasteiger partial charge in [0.25, 0.3) is 5.91 Å². The second kappa shape index (κ2) is 6.70. The summed E-state index contributed by atoms with van der Waals surface area (Å²) in [6, 6.07) is 8.14. The lowest BCUT2D eigenvalue weighted by Crippen LogP contribution is -2.55. The van der Waals surface area contributed by atoms with Crippen molar-refractivity contribution in [1.29, 1.82) is 0 Å². The maximum atomic E-state index is 12.3. The summed E-state index contributed by atoms with van der Waals surface area (Å²) in [5, 5.41) is 14.4. The maximum Gasteiger partial charge on any atom is 0.331 e.